The lowest BCUT2D eigenvalue weighted by Crippen LogP contribution is -2.45. The van der Waals surface area contributed by atoms with Crippen LogP contribution in [-0.2, 0) is 16.6 Å². The molecule has 2 aromatic carbocycles. The number of nitrogens with one attached hydrogen (secondary N) is 1. The molecule has 1 unspecified atom stereocenters. The highest BCUT2D eigenvalue weighted by atomic mass is 19.1. The van der Waals surface area contributed by atoms with Gasteiger partial charge in [0.15, 0.2) is 5.83 Å². The van der Waals surface area contributed by atoms with E-state index in [9.17, 15) is 19.2 Å². The maximum atomic E-state index is 14.7. The lowest BCUT2D eigenvalue weighted by atomic mass is 9.84. The second-order valence-corrected chi connectivity index (χ2v) is 9.52. The average molecular weight is 566 g/mol. The minimum absolute atomic E-state index is 0.129. The zero-order valence-electron chi connectivity index (χ0n) is 22.9. The zero-order chi connectivity index (χ0) is 29.6. The minimum Gasteiger partial charge on any atom is -0.494 e. The highest BCUT2D eigenvalue weighted by Crippen LogP contribution is 2.32. The summed E-state index contributed by atoms with van der Waals surface area (Å²) in [6, 6.07) is 19.4. The van der Waals surface area contributed by atoms with E-state index in [1.165, 1.54) is 24.2 Å². The molecule has 9 nitrogen and oxygen atoms in total. The van der Waals surface area contributed by atoms with Gasteiger partial charge < -0.3 is 10.1 Å². The monoisotopic (exact) mass is 565 g/mol. The number of hydrogen-bond acceptors (Lipinski definition) is 6. The van der Waals surface area contributed by atoms with Crippen LogP contribution < -0.4 is 5.32 Å². The Bertz CT molecular complexity index is 1610. The predicted molar refractivity (Wildman–Crippen MR) is 155 cm³/mol. The number of allylic oxidation sites excluding steroid dienone is 6. The van der Waals surface area contributed by atoms with Crippen molar-refractivity contribution in [3.05, 3.63) is 149 Å². The zero-order valence-corrected chi connectivity index (χ0v) is 22.9. The van der Waals surface area contributed by atoms with Crippen molar-refractivity contribution in [2.75, 3.05) is 7.11 Å². The van der Waals surface area contributed by atoms with Gasteiger partial charge in [-0.05, 0) is 34.9 Å². The molecule has 212 valence electrons. The van der Waals surface area contributed by atoms with Gasteiger partial charge in [0.2, 0.25) is 0 Å². The fourth-order valence-corrected chi connectivity index (χ4v) is 4.85. The average Bonchev–Trinajstić information content (AvgIpc) is 3.44. The van der Waals surface area contributed by atoms with Crippen LogP contribution in [0.15, 0.2) is 137 Å². The van der Waals surface area contributed by atoms with E-state index in [1.54, 1.807) is 37.4 Å². The molecule has 3 aromatic rings. The van der Waals surface area contributed by atoms with Gasteiger partial charge in [0.05, 0.1) is 30.8 Å². The molecule has 1 aliphatic heterocycles. The molecule has 5 rings (SSSR count). The molecular formula is C32H28FN5O4. The maximum Gasteiger partial charge on any atom is 0.270 e. The number of methoxy groups -OCH3 is 1. The molecule has 0 spiro atoms. The molecule has 2 heterocycles. The van der Waals surface area contributed by atoms with Crippen molar-refractivity contribution in [2.24, 2.45) is 12.0 Å². The van der Waals surface area contributed by atoms with Gasteiger partial charge in [-0.25, -0.2) is 14.4 Å². The van der Waals surface area contributed by atoms with Crippen LogP contribution in [0.2, 0.25) is 0 Å². The van der Waals surface area contributed by atoms with E-state index in [2.05, 4.69) is 15.4 Å². The summed E-state index contributed by atoms with van der Waals surface area (Å²) in [6.07, 6.45) is 10.0. The summed E-state index contributed by atoms with van der Waals surface area (Å²) < 4.78 is 21.4. The van der Waals surface area contributed by atoms with Gasteiger partial charge in [-0.3, -0.25) is 19.5 Å². The van der Waals surface area contributed by atoms with E-state index in [0.717, 1.165) is 17.3 Å². The van der Waals surface area contributed by atoms with E-state index in [0.29, 0.717) is 22.0 Å². The number of carbonyl (C=O) groups excluding carboxylic acids is 2. The Labute approximate surface area is 241 Å². The number of aromatic nitrogens is 2. The van der Waals surface area contributed by atoms with E-state index < -0.39 is 29.6 Å². The van der Waals surface area contributed by atoms with Gasteiger partial charge in [-0.15, -0.1) is 0 Å². The first-order valence-corrected chi connectivity index (χ1v) is 13.1. The number of aliphatic imine (C=N–C) groups is 1. The third-order valence-electron chi connectivity index (χ3n) is 6.85. The van der Waals surface area contributed by atoms with E-state index in [1.807, 2.05) is 60.7 Å². The molecule has 2 amide bonds. The van der Waals surface area contributed by atoms with Crippen LogP contribution in [0.4, 0.5) is 4.39 Å². The van der Waals surface area contributed by atoms with Gasteiger partial charge >= 0.3 is 0 Å². The van der Waals surface area contributed by atoms with Crippen LogP contribution >= 0.6 is 0 Å². The summed E-state index contributed by atoms with van der Waals surface area (Å²) >= 11 is 0. The van der Waals surface area contributed by atoms with Crippen molar-refractivity contribution in [2.45, 2.75) is 12.0 Å². The fourth-order valence-electron chi connectivity index (χ4n) is 4.85. The summed E-state index contributed by atoms with van der Waals surface area (Å²) in [5.74, 6) is -2.15. The Hall–Kier alpha value is -5.35. The smallest absolute Gasteiger partial charge is 0.270 e. The van der Waals surface area contributed by atoms with Crippen LogP contribution in [0.1, 0.15) is 27.5 Å². The second-order valence-electron chi connectivity index (χ2n) is 9.52. The van der Waals surface area contributed by atoms with Crippen molar-refractivity contribution in [3.63, 3.8) is 0 Å². The molecule has 2 N–H and O–H groups in total. The number of hydrogen-bond donors (Lipinski definition) is 2. The molecule has 1 aliphatic carbocycles. The number of ether oxygens (including phenoxy) is 1. The summed E-state index contributed by atoms with van der Waals surface area (Å²) in [6.45, 7) is 0. The molecule has 0 saturated heterocycles. The predicted octanol–water partition coefficient (Wildman–Crippen LogP) is 4.74. The Balaban J connectivity index is 1.52. The van der Waals surface area contributed by atoms with Gasteiger partial charge in [-0.1, -0.05) is 72.8 Å². The molecule has 1 atom stereocenters. The molecule has 0 saturated carbocycles. The Kier molecular flexibility index (Phi) is 8.35. The van der Waals surface area contributed by atoms with Gasteiger partial charge in [0.25, 0.3) is 11.8 Å². The highest BCUT2D eigenvalue weighted by molar-refractivity contribution is 6.12. The third kappa shape index (κ3) is 6.03. The summed E-state index contributed by atoms with van der Waals surface area (Å²) in [5, 5.41) is 17.2. The quantitative estimate of drug-likeness (QED) is 0.428. The largest absolute Gasteiger partial charge is 0.494 e. The third-order valence-corrected chi connectivity index (χ3v) is 6.85. The second kappa shape index (κ2) is 12.4. The number of halogens is 1. The Morgan fingerprint density at radius 1 is 0.952 bits per heavy atom. The maximum absolute atomic E-state index is 14.7. The number of carbonyl (C=O) groups is 2. The number of benzene rings is 2. The number of aryl methyl sites for hydroxylation is 1. The standard InChI is InChI=1S/C32H28FN5O4/c1-37-26(17-18-34-37)31(39)36-30(28(21-9-5-3-6-10-21)22-11-7-4-8-12-22)32(40)35-24-15-13-23(14-16-24)29-25(33)19-38(41)20-27(29)42-2/h3-20,28,30,41H,1-2H3,(H,36,39). The van der Waals surface area contributed by atoms with Gasteiger partial charge in [-0.2, -0.15) is 5.10 Å². The number of hydroxylamine groups is 2. The van der Waals surface area contributed by atoms with E-state index >= 15 is 0 Å². The highest BCUT2D eigenvalue weighted by Gasteiger charge is 2.33. The van der Waals surface area contributed by atoms with Crippen LogP contribution in [0, 0.1) is 0 Å². The van der Waals surface area contributed by atoms with Gasteiger partial charge in [0, 0.05) is 19.2 Å². The van der Waals surface area contributed by atoms with Crippen molar-refractivity contribution < 1.29 is 23.9 Å². The molecule has 2 aliphatic rings. The molecular weight excluding hydrogens is 537 g/mol. The molecule has 0 bridgehead atoms. The lowest BCUT2D eigenvalue weighted by molar-refractivity contribution is -0.119. The molecule has 1 aromatic heterocycles. The SMILES string of the molecule is COC1=CN(O)C=C(F)C1=C1C=CC(=NC(=O)C(NC(=O)c2ccnn2C)C(c2ccccc2)c2ccccc2)C=C1. The van der Waals surface area contributed by atoms with Gasteiger partial charge in [0.1, 0.15) is 17.5 Å². The molecule has 0 fully saturated rings. The number of amides is 2. The van der Waals surface area contributed by atoms with Crippen LogP contribution in [0.3, 0.4) is 0 Å². The van der Waals surface area contributed by atoms with Crippen molar-refractivity contribution in [1.29, 1.82) is 0 Å². The lowest BCUT2D eigenvalue weighted by Gasteiger charge is -2.27. The van der Waals surface area contributed by atoms with E-state index in [4.69, 9.17) is 4.74 Å². The first kappa shape index (κ1) is 28.2. The van der Waals surface area contributed by atoms with Crippen LogP contribution in [0.25, 0.3) is 0 Å². The summed E-state index contributed by atoms with van der Waals surface area (Å²) in [7, 11) is 3.02. The molecule has 0 radical (unpaired) electrons. The van der Waals surface area contributed by atoms with Crippen LogP contribution in [0.5, 0.6) is 0 Å². The molecule has 10 heteroatoms. The summed E-state index contributed by atoms with van der Waals surface area (Å²) in [4.78, 5) is 31.6. The van der Waals surface area contributed by atoms with Crippen molar-refractivity contribution in [1.82, 2.24) is 20.2 Å². The topological polar surface area (TPSA) is 109 Å². The first-order chi connectivity index (χ1) is 20.4. The summed E-state index contributed by atoms with van der Waals surface area (Å²) in [5.41, 5.74) is 2.87. The van der Waals surface area contributed by atoms with Crippen LogP contribution in [-0.4, -0.2) is 50.7 Å². The van der Waals surface area contributed by atoms with E-state index in [-0.39, 0.29) is 11.3 Å². The fraction of sp³-hybridized carbons (Fsp3) is 0.125. The Morgan fingerprint density at radius 2 is 1.57 bits per heavy atom. The minimum atomic E-state index is -1.07. The molecule has 42 heavy (non-hydrogen) atoms. The number of rotatable bonds is 7. The number of nitrogens with zero attached hydrogens (tertiary/aromatic N) is 4. The first-order valence-electron chi connectivity index (χ1n) is 13.1. The van der Waals surface area contributed by atoms with Crippen molar-refractivity contribution >= 4 is 17.5 Å². The Morgan fingerprint density at radius 3 is 2.12 bits per heavy atom. The normalized spacial score (nSPS) is 15.4. The van der Waals surface area contributed by atoms with Crippen molar-refractivity contribution in [3.8, 4) is 0 Å².